The third kappa shape index (κ3) is 891. The number of hydrogen-bond donors (Lipinski definition) is 0. The van der Waals surface area contributed by atoms with Crippen LogP contribution in [-0.2, 0) is 198 Å². The largest absolute Gasteiger partial charge is 2.00 e. The Labute approximate surface area is 332 Å². The molecule has 0 aliphatic carbocycles. The Morgan fingerprint density at radius 1 is 0.250 bits per heavy atom. The van der Waals surface area contributed by atoms with Crippen LogP contribution in [0.1, 0.15) is 0 Å². The van der Waals surface area contributed by atoms with Gasteiger partial charge in [-0.3, -0.25) is 0 Å². The summed E-state index contributed by atoms with van der Waals surface area (Å²) in [5.74, 6) is 0. The Balaban J connectivity index is -0.0000000175. The van der Waals surface area contributed by atoms with Crippen molar-refractivity contribution in [2.24, 2.45) is 0 Å². The van der Waals surface area contributed by atoms with Gasteiger partial charge in [0.05, 0.1) is 0 Å². The van der Waals surface area contributed by atoms with E-state index in [4.69, 9.17) is 74.9 Å². The summed E-state index contributed by atoms with van der Waals surface area (Å²) < 4.78 is 180. The van der Waals surface area contributed by atoms with Gasteiger partial charge in [-0.1, -0.05) is 0 Å². The monoisotopic (exact) mass is 1030 g/mol. The molecule has 0 unspecified atom stereocenters. The van der Waals surface area contributed by atoms with Crippen molar-refractivity contribution in [2.75, 3.05) is 0 Å². The zero-order valence-corrected chi connectivity index (χ0v) is 36.7. The summed E-state index contributed by atoms with van der Waals surface area (Å²) >= 11 is -28.6. The Morgan fingerprint density at radius 3 is 0.250 bits per heavy atom. The third-order valence-corrected chi connectivity index (χ3v) is 0. The summed E-state index contributed by atoms with van der Waals surface area (Å²) in [7, 11) is 0. The maximum Gasteiger partial charge on any atom is 2.00 e. The van der Waals surface area contributed by atoms with E-state index < -0.39 is 130 Å². The minimum Gasteiger partial charge on any atom is 2.00 e. The van der Waals surface area contributed by atoms with Gasteiger partial charge in [0.15, 0.2) is 0 Å². The summed E-state index contributed by atoms with van der Waals surface area (Å²) in [4.78, 5) is 0. The Hall–Kier alpha value is 7.48. The molecule has 0 saturated carbocycles. The predicted octanol–water partition coefficient (Wildman–Crippen LogP) is -18.3. The molecule has 0 radical (unpaired) electrons. The first-order valence-electron chi connectivity index (χ1n) is 4.29. The van der Waals surface area contributed by atoms with Gasteiger partial charge in [-0.25, -0.2) is 0 Å². The van der Waals surface area contributed by atoms with Crippen LogP contribution < -0.4 is 51.6 Å². The van der Waals surface area contributed by atoms with Gasteiger partial charge in [0, 0.05) is 0 Å². The fourth-order valence-electron chi connectivity index (χ4n) is 0. The molecule has 0 aromatic rings. The molecule has 0 N–H and O–H groups in total. The zero-order chi connectivity index (χ0) is 25.0. The molecule has 0 atom stereocenters. The van der Waals surface area contributed by atoms with Crippen molar-refractivity contribution in [1.82, 2.24) is 0 Å². The quantitative estimate of drug-likeness (QED) is 0.203. The van der Waals surface area contributed by atoms with E-state index in [0.29, 0.717) is 0 Å². The van der Waals surface area contributed by atoms with Gasteiger partial charge in [-0.2, -0.15) is 0 Å². The van der Waals surface area contributed by atoms with Crippen molar-refractivity contribution in [2.45, 2.75) is 0 Å². The zero-order valence-electron chi connectivity index (χ0n) is 14.4. The van der Waals surface area contributed by atoms with E-state index in [2.05, 4.69) is 0 Å². The van der Waals surface area contributed by atoms with Gasteiger partial charge in [-0.15, -0.1) is 0 Å². The molecule has 0 fully saturated rings. The van der Waals surface area contributed by atoms with Crippen LogP contribution in [0, 0.1) is 0 Å². The van der Waals surface area contributed by atoms with Gasteiger partial charge in [0.25, 0.3) is 0 Å². The number of rotatable bonds is 0. The molecule has 32 heteroatoms. The maximum atomic E-state index is 8.58. The molecule has 0 spiro atoms. The summed E-state index contributed by atoms with van der Waals surface area (Å²) in [5.41, 5.74) is 0. The van der Waals surface area contributed by atoms with E-state index in [1.807, 2.05) is 0 Å². The smallest absolute Gasteiger partial charge is 2.00 e. The van der Waals surface area contributed by atoms with E-state index in [0.717, 1.165) is 0 Å². The van der Waals surface area contributed by atoms with E-state index in [-0.39, 0.29) is 136 Å². The summed E-state index contributed by atoms with van der Waals surface area (Å²) in [6.07, 6.45) is 0. The summed E-state index contributed by atoms with van der Waals surface area (Å²) in [5, 5.41) is 0. The second kappa shape index (κ2) is 66.6. The molecular formula is Nb2O21Sr2Ti7. The third-order valence-electron chi connectivity index (χ3n) is 0. The van der Waals surface area contributed by atoms with Crippen LogP contribution in [0.25, 0.3) is 0 Å². The predicted molar refractivity (Wildman–Crippen MR) is 16.3 cm³/mol. The van der Waals surface area contributed by atoms with Gasteiger partial charge in [0.2, 0.25) is 0 Å². The van der Waals surface area contributed by atoms with Gasteiger partial charge >= 0.3 is 341 Å². The SMILES string of the molecule is [Nb+5].[Nb+5].[O]=[Ti]([O-])[O-].[O]=[Ti]([O-])[O-].[O]=[Ti]([O-])[O-].[O]=[Ti]([O-])[O-].[O]=[Ti]([O-])[O-].[O]=[Ti]([O-])[O-].[O]=[Ti]([O-])[O-].[Sr+2].[Sr+2]. The summed E-state index contributed by atoms with van der Waals surface area (Å²) in [6, 6.07) is 0. The minimum atomic E-state index is -4.08. The molecule has 0 aromatic heterocycles. The van der Waals surface area contributed by atoms with Crippen LogP contribution in [0.15, 0.2) is 0 Å². The van der Waals surface area contributed by atoms with Crippen LogP contribution in [0.3, 0.4) is 0 Å². The van der Waals surface area contributed by atoms with Crippen LogP contribution >= 0.6 is 0 Å². The second-order valence-electron chi connectivity index (χ2n) is 1.75. The average molecular weight is 1030 g/mol. The Morgan fingerprint density at radius 2 is 0.250 bits per heavy atom. The van der Waals surface area contributed by atoms with Crippen molar-refractivity contribution in [3.8, 4) is 0 Å². The van der Waals surface area contributed by atoms with Crippen LogP contribution in [0.2, 0.25) is 0 Å². The first kappa shape index (κ1) is 72.1. The standard InChI is InChI=1S/2Nb.21O.2Sr.7Ti/q2*+5;;;;;;;;14*-1;2*+2;;;;;;;. The molecule has 0 bridgehead atoms. The van der Waals surface area contributed by atoms with E-state index in [1.54, 1.807) is 0 Å². The van der Waals surface area contributed by atoms with Crippen LogP contribution in [0.5, 0.6) is 0 Å². The molecule has 0 amide bonds. The van der Waals surface area contributed by atoms with Crippen molar-refractivity contribution in [3.63, 3.8) is 0 Å². The fourth-order valence-corrected chi connectivity index (χ4v) is 0. The van der Waals surface area contributed by atoms with E-state index in [1.165, 1.54) is 0 Å². The van der Waals surface area contributed by atoms with Crippen LogP contribution in [-0.4, -0.2) is 91.0 Å². The average Bonchev–Trinajstić information content (AvgIpc) is 2.20. The van der Waals surface area contributed by atoms with Gasteiger partial charge < -0.3 is 0 Å². The first-order valence-corrected chi connectivity index (χ1v) is 17.7. The molecule has 0 heterocycles. The molecule has 21 nitrogen and oxygen atoms in total. The summed E-state index contributed by atoms with van der Waals surface area (Å²) in [6.45, 7) is 0. The molecule has 32 heavy (non-hydrogen) atoms. The molecular weight excluding hydrogens is 1030 g/mol. The molecule has 168 valence electrons. The van der Waals surface area contributed by atoms with Crippen molar-refractivity contribution >= 4 is 91.0 Å². The van der Waals surface area contributed by atoms with Gasteiger partial charge in [-0.05, 0) is 0 Å². The van der Waals surface area contributed by atoms with Crippen molar-refractivity contribution in [3.05, 3.63) is 0 Å². The maximum absolute atomic E-state index is 8.58. The minimum absolute atomic E-state index is 0. The van der Waals surface area contributed by atoms with Crippen molar-refractivity contribution in [1.29, 1.82) is 0 Å². The van der Waals surface area contributed by atoms with E-state index in [9.17, 15) is 0 Å². The number of hydrogen-bond acceptors (Lipinski definition) is 21. The molecule has 0 aromatic carbocycles. The molecule has 0 saturated heterocycles. The Kier molecular flexibility index (Phi) is 150. The van der Waals surface area contributed by atoms with E-state index >= 15 is 0 Å². The van der Waals surface area contributed by atoms with Gasteiger partial charge in [0.1, 0.15) is 0 Å². The topological polar surface area (TPSA) is 442 Å². The molecule has 0 rings (SSSR count). The second-order valence-corrected chi connectivity index (χ2v) is 7.22. The molecule has 0 aliphatic heterocycles. The fraction of sp³-hybridized carbons (Fsp3) is 0. The Bertz CT molecular complexity index is 323. The first-order chi connectivity index (χ1) is 12.1. The van der Waals surface area contributed by atoms with Crippen molar-refractivity contribution < 1.29 is 250 Å². The molecule has 0 aliphatic rings. The normalized spacial score (nSPS) is 5.69. The van der Waals surface area contributed by atoms with Crippen LogP contribution in [0.4, 0.5) is 0 Å².